The normalized spacial score (nSPS) is 11.0. The van der Waals surface area contributed by atoms with E-state index in [9.17, 15) is 4.79 Å². The molecular weight excluding hydrogens is 338 g/mol. The molecular formula is C23H27NO3. The minimum atomic E-state index is -0.130. The molecule has 27 heavy (non-hydrogen) atoms. The molecule has 0 aromatic heterocycles. The van der Waals surface area contributed by atoms with Crippen LogP contribution in [0.2, 0.25) is 0 Å². The minimum Gasteiger partial charge on any atom is -0.497 e. The number of likely N-dealkylation sites (N-methyl/N-ethyl adjacent to an activating group) is 1. The lowest BCUT2D eigenvalue weighted by molar-refractivity contribution is -0.120. The largest absolute Gasteiger partial charge is 0.497 e. The highest BCUT2D eigenvalue weighted by atomic mass is 16.5. The van der Waals surface area contributed by atoms with Crippen LogP contribution in [0, 0.1) is 0 Å². The monoisotopic (exact) mass is 365 g/mol. The van der Waals surface area contributed by atoms with E-state index in [0.717, 1.165) is 34.6 Å². The predicted molar refractivity (Wildman–Crippen MR) is 111 cm³/mol. The number of nitrogens with zero attached hydrogens (tertiary/aromatic N) is 1. The van der Waals surface area contributed by atoms with Crippen LogP contribution in [-0.2, 0) is 16.0 Å². The number of carbonyl (C=O) groups excluding carboxylic acids is 1. The molecule has 0 unspecified atom stereocenters. The maximum Gasteiger partial charge on any atom is 0.264 e. The summed E-state index contributed by atoms with van der Waals surface area (Å²) in [6.45, 7) is 7.86. The zero-order chi connectivity index (χ0) is 19.8. The van der Waals surface area contributed by atoms with Gasteiger partial charge < -0.3 is 14.4 Å². The van der Waals surface area contributed by atoms with Gasteiger partial charge in [-0.2, -0.15) is 0 Å². The molecule has 0 radical (unpaired) electrons. The van der Waals surface area contributed by atoms with Crippen molar-refractivity contribution >= 4 is 17.4 Å². The Hall–Kier alpha value is -3.01. The fourth-order valence-electron chi connectivity index (χ4n) is 2.67. The maximum atomic E-state index is 12.6. The van der Waals surface area contributed by atoms with E-state index in [1.165, 1.54) is 0 Å². The number of benzene rings is 2. The van der Waals surface area contributed by atoms with Crippen molar-refractivity contribution in [3.8, 4) is 5.75 Å². The van der Waals surface area contributed by atoms with E-state index in [0.29, 0.717) is 5.76 Å². The van der Waals surface area contributed by atoms with Crippen molar-refractivity contribution in [2.75, 3.05) is 25.7 Å². The highest BCUT2D eigenvalue weighted by Gasteiger charge is 2.15. The summed E-state index contributed by atoms with van der Waals surface area (Å²) in [4.78, 5) is 14.2. The van der Waals surface area contributed by atoms with Crippen molar-refractivity contribution in [3.05, 3.63) is 77.9 Å². The van der Waals surface area contributed by atoms with E-state index < -0.39 is 0 Å². The molecule has 0 N–H and O–H groups in total. The molecule has 2 aromatic rings. The number of allylic oxidation sites excluding steroid dienone is 2. The van der Waals surface area contributed by atoms with Crippen molar-refractivity contribution in [2.24, 2.45) is 0 Å². The second-order valence-electron chi connectivity index (χ2n) is 6.31. The van der Waals surface area contributed by atoms with Crippen LogP contribution in [0.15, 0.2) is 66.8 Å². The van der Waals surface area contributed by atoms with E-state index >= 15 is 0 Å². The lowest BCUT2D eigenvalue weighted by atomic mass is 10.0. The fourth-order valence-corrected chi connectivity index (χ4v) is 2.67. The van der Waals surface area contributed by atoms with Gasteiger partial charge in [0, 0.05) is 18.3 Å². The van der Waals surface area contributed by atoms with Gasteiger partial charge in [-0.3, -0.25) is 4.79 Å². The first-order chi connectivity index (χ1) is 13.0. The topological polar surface area (TPSA) is 38.8 Å². The zero-order valence-electron chi connectivity index (χ0n) is 16.5. The van der Waals surface area contributed by atoms with Gasteiger partial charge in [-0.05, 0) is 49.2 Å². The summed E-state index contributed by atoms with van der Waals surface area (Å²) in [5, 5.41) is 0. The van der Waals surface area contributed by atoms with Gasteiger partial charge in [0.1, 0.15) is 11.5 Å². The van der Waals surface area contributed by atoms with Crippen molar-refractivity contribution in [1.82, 2.24) is 0 Å². The first kappa shape index (κ1) is 20.3. The van der Waals surface area contributed by atoms with Gasteiger partial charge in [-0.25, -0.2) is 0 Å². The Balaban J connectivity index is 2.24. The van der Waals surface area contributed by atoms with E-state index in [4.69, 9.17) is 9.47 Å². The molecule has 0 aliphatic heterocycles. The van der Waals surface area contributed by atoms with Crippen LogP contribution in [-0.4, -0.2) is 26.7 Å². The predicted octanol–water partition coefficient (Wildman–Crippen LogP) is 4.85. The molecule has 1 amide bonds. The summed E-state index contributed by atoms with van der Waals surface area (Å²) in [6.07, 6.45) is 2.69. The molecule has 0 heterocycles. The molecule has 0 aliphatic rings. The molecule has 4 heteroatoms. The SMILES string of the molecule is C=C(C)/C=C(/OCC(=O)N(C)c1ccccc1)c1cc(OC)ccc1CC. The second kappa shape index (κ2) is 9.62. The number of amides is 1. The third-order valence-corrected chi connectivity index (χ3v) is 4.21. The molecule has 0 bridgehead atoms. The summed E-state index contributed by atoms with van der Waals surface area (Å²) < 4.78 is 11.3. The Morgan fingerprint density at radius 1 is 1.19 bits per heavy atom. The second-order valence-corrected chi connectivity index (χ2v) is 6.31. The first-order valence-electron chi connectivity index (χ1n) is 8.95. The number of anilines is 1. The third kappa shape index (κ3) is 5.48. The van der Waals surface area contributed by atoms with Gasteiger partial charge in [0.05, 0.1) is 7.11 Å². The van der Waals surface area contributed by atoms with Crippen molar-refractivity contribution in [3.63, 3.8) is 0 Å². The Morgan fingerprint density at radius 3 is 2.48 bits per heavy atom. The standard InChI is InChI=1S/C23H27NO3/c1-6-18-12-13-20(26-5)15-21(18)22(14-17(2)3)27-16-23(25)24(4)19-10-8-7-9-11-19/h7-15H,2,6,16H2,1,3-5H3/b22-14+. The fraction of sp³-hybridized carbons (Fsp3) is 0.261. The van der Waals surface area contributed by atoms with Crippen molar-refractivity contribution in [2.45, 2.75) is 20.3 Å². The van der Waals surface area contributed by atoms with Gasteiger partial charge in [0.25, 0.3) is 5.91 Å². The van der Waals surface area contributed by atoms with Gasteiger partial charge in [-0.1, -0.05) is 43.3 Å². The molecule has 0 fully saturated rings. The quantitative estimate of drug-likeness (QED) is 0.496. The van der Waals surface area contributed by atoms with Crippen LogP contribution in [0.4, 0.5) is 5.69 Å². The molecule has 2 aromatic carbocycles. The third-order valence-electron chi connectivity index (χ3n) is 4.21. The molecule has 0 saturated carbocycles. The number of methoxy groups -OCH3 is 1. The summed E-state index contributed by atoms with van der Waals surface area (Å²) in [5.41, 5.74) is 3.70. The van der Waals surface area contributed by atoms with Crippen molar-refractivity contribution in [1.29, 1.82) is 0 Å². The van der Waals surface area contributed by atoms with Crippen LogP contribution in [0.5, 0.6) is 5.75 Å². The van der Waals surface area contributed by atoms with E-state index in [2.05, 4.69) is 13.5 Å². The average molecular weight is 365 g/mol. The summed E-state index contributed by atoms with van der Waals surface area (Å²) in [7, 11) is 3.37. The summed E-state index contributed by atoms with van der Waals surface area (Å²) in [6, 6.07) is 15.4. The number of hydrogen-bond acceptors (Lipinski definition) is 3. The van der Waals surface area contributed by atoms with E-state index in [1.807, 2.05) is 61.5 Å². The zero-order valence-corrected chi connectivity index (χ0v) is 16.5. The van der Waals surface area contributed by atoms with Crippen LogP contribution in [0.1, 0.15) is 25.0 Å². The number of para-hydroxylation sites is 1. The number of aryl methyl sites for hydroxylation is 1. The van der Waals surface area contributed by atoms with Crippen LogP contribution in [0.3, 0.4) is 0 Å². The maximum absolute atomic E-state index is 12.6. The van der Waals surface area contributed by atoms with Crippen LogP contribution in [0.25, 0.3) is 5.76 Å². The van der Waals surface area contributed by atoms with E-state index in [1.54, 1.807) is 19.1 Å². The molecule has 2 rings (SSSR count). The van der Waals surface area contributed by atoms with Crippen molar-refractivity contribution < 1.29 is 14.3 Å². The molecule has 0 spiro atoms. The summed E-state index contributed by atoms with van der Waals surface area (Å²) in [5.74, 6) is 1.23. The molecule has 142 valence electrons. The number of rotatable bonds is 8. The van der Waals surface area contributed by atoms with Gasteiger partial charge in [-0.15, -0.1) is 0 Å². The van der Waals surface area contributed by atoms with Gasteiger partial charge in [0.15, 0.2) is 6.61 Å². The first-order valence-corrected chi connectivity index (χ1v) is 8.95. The highest BCUT2D eigenvalue weighted by molar-refractivity contribution is 5.94. The van der Waals surface area contributed by atoms with Gasteiger partial charge >= 0.3 is 0 Å². The number of carbonyl (C=O) groups is 1. The van der Waals surface area contributed by atoms with Crippen LogP contribution < -0.4 is 9.64 Å². The Bertz CT molecular complexity index is 825. The van der Waals surface area contributed by atoms with Gasteiger partial charge in [0.2, 0.25) is 0 Å². The minimum absolute atomic E-state index is 0.0646. The molecule has 0 aliphatic carbocycles. The van der Waals surface area contributed by atoms with E-state index in [-0.39, 0.29) is 12.5 Å². The van der Waals surface area contributed by atoms with Crippen LogP contribution >= 0.6 is 0 Å². The number of ether oxygens (including phenoxy) is 2. The average Bonchev–Trinajstić information content (AvgIpc) is 2.70. The highest BCUT2D eigenvalue weighted by Crippen LogP contribution is 2.27. The Kier molecular flexibility index (Phi) is 7.24. The lowest BCUT2D eigenvalue weighted by Gasteiger charge is -2.19. The lowest BCUT2D eigenvalue weighted by Crippen LogP contribution is -2.29. The Labute approximate surface area is 161 Å². The summed E-state index contributed by atoms with van der Waals surface area (Å²) >= 11 is 0. The number of hydrogen-bond donors (Lipinski definition) is 0. The molecule has 0 saturated heterocycles. The molecule has 0 atom stereocenters. The smallest absolute Gasteiger partial charge is 0.264 e. The molecule has 4 nitrogen and oxygen atoms in total. The Morgan fingerprint density at radius 2 is 1.89 bits per heavy atom.